The summed E-state index contributed by atoms with van der Waals surface area (Å²) in [5, 5.41) is 0. The van der Waals surface area contributed by atoms with Gasteiger partial charge in [0.25, 0.3) is 0 Å². The van der Waals surface area contributed by atoms with Crippen molar-refractivity contribution in [2.45, 2.75) is 24.3 Å². The van der Waals surface area contributed by atoms with Crippen molar-refractivity contribution >= 4 is 12.6 Å². The number of thiol groups is 1. The Morgan fingerprint density at radius 2 is 2.33 bits per heavy atom. The van der Waals surface area contributed by atoms with Crippen molar-refractivity contribution in [1.29, 1.82) is 0 Å². The molecule has 0 aliphatic heterocycles. The number of hydrogen-bond donors (Lipinski definition) is 2. The lowest BCUT2D eigenvalue weighted by Crippen LogP contribution is -2.34. The van der Waals surface area contributed by atoms with Crippen LogP contribution in [-0.2, 0) is 0 Å². The monoisotopic (exact) mass is 146 g/mol. The quantitative estimate of drug-likeness (QED) is 0.433. The molecule has 3 heteroatoms. The first-order chi connectivity index (χ1) is 4.11. The molecule has 0 unspecified atom stereocenters. The molecule has 0 aromatic rings. The maximum absolute atomic E-state index is 5.66. The molecule has 0 aromatic heterocycles. The summed E-state index contributed by atoms with van der Waals surface area (Å²) < 4.78 is 0. The van der Waals surface area contributed by atoms with E-state index in [1.807, 2.05) is 0 Å². The Hall–Kier alpha value is 0.270. The third-order valence-corrected chi connectivity index (χ3v) is 2.95. The molecule has 0 aromatic carbocycles. The number of nitrogens with zero attached hydrogens (tertiary/aromatic N) is 1. The second-order valence-electron chi connectivity index (χ2n) is 2.70. The normalized spacial score (nSPS) is 41.7. The molecule has 0 amide bonds. The Morgan fingerprint density at radius 3 is 2.44 bits per heavy atom. The highest BCUT2D eigenvalue weighted by molar-refractivity contribution is 7.82. The smallest absolute Gasteiger partial charge is 0.0807 e. The van der Waals surface area contributed by atoms with Gasteiger partial charge in [-0.05, 0) is 20.0 Å². The highest BCUT2D eigenvalue weighted by atomic mass is 32.1. The third kappa shape index (κ3) is 1.09. The number of likely N-dealkylation sites (N-methyl/N-ethyl adjacent to an activating group) is 1. The fourth-order valence-corrected chi connectivity index (χ4v) is 1.32. The van der Waals surface area contributed by atoms with Gasteiger partial charge >= 0.3 is 0 Å². The summed E-state index contributed by atoms with van der Waals surface area (Å²) in [6, 6.07) is 0.283. The fourth-order valence-electron chi connectivity index (χ4n) is 0.977. The van der Waals surface area contributed by atoms with E-state index in [1.165, 1.54) is 0 Å². The van der Waals surface area contributed by atoms with E-state index in [2.05, 4.69) is 31.5 Å². The van der Waals surface area contributed by atoms with E-state index >= 15 is 0 Å². The first-order valence-corrected chi connectivity index (χ1v) is 3.75. The van der Waals surface area contributed by atoms with Crippen LogP contribution >= 0.6 is 12.6 Å². The van der Waals surface area contributed by atoms with E-state index in [9.17, 15) is 0 Å². The number of hydrogen-bond acceptors (Lipinski definition) is 3. The van der Waals surface area contributed by atoms with E-state index in [0.717, 1.165) is 13.0 Å². The molecule has 0 heterocycles. The van der Waals surface area contributed by atoms with Gasteiger partial charge in [-0.25, -0.2) is 0 Å². The van der Waals surface area contributed by atoms with E-state index in [0.29, 0.717) is 0 Å². The van der Waals surface area contributed by atoms with Crippen LogP contribution in [0.2, 0.25) is 0 Å². The number of rotatable bonds is 2. The minimum absolute atomic E-state index is 0.0226. The number of nitrogens with two attached hydrogens (primary N) is 1. The molecule has 0 radical (unpaired) electrons. The molecule has 9 heavy (non-hydrogen) atoms. The minimum atomic E-state index is 0.0226. The minimum Gasteiger partial charge on any atom is -0.325 e. The predicted octanol–water partition coefficient (Wildman–Crippen LogP) is 0.295. The van der Waals surface area contributed by atoms with Crippen molar-refractivity contribution in [3.05, 3.63) is 0 Å². The standard InChI is InChI=1S/C6H14N2S/c1-3-8(2)6(9)4-5(6)7/h5,9H,3-4,7H2,1-2H3/t5-,6-/m1/s1. The average Bonchev–Trinajstić information content (AvgIpc) is 2.41. The summed E-state index contributed by atoms with van der Waals surface area (Å²) in [6.45, 7) is 3.14. The van der Waals surface area contributed by atoms with Crippen LogP contribution in [-0.4, -0.2) is 29.4 Å². The molecule has 54 valence electrons. The third-order valence-electron chi connectivity index (χ3n) is 2.09. The van der Waals surface area contributed by atoms with Gasteiger partial charge in [0, 0.05) is 6.04 Å². The lowest BCUT2D eigenvalue weighted by atomic mass is 10.5. The second-order valence-corrected chi connectivity index (χ2v) is 3.48. The molecule has 0 spiro atoms. The van der Waals surface area contributed by atoms with Gasteiger partial charge in [-0.2, -0.15) is 12.6 Å². The summed E-state index contributed by atoms with van der Waals surface area (Å²) in [7, 11) is 2.06. The Labute approximate surface area is 61.8 Å². The van der Waals surface area contributed by atoms with E-state index in [1.54, 1.807) is 0 Å². The van der Waals surface area contributed by atoms with Crippen LogP contribution in [0.25, 0.3) is 0 Å². The molecule has 1 saturated carbocycles. The van der Waals surface area contributed by atoms with Crippen molar-refractivity contribution < 1.29 is 0 Å². The van der Waals surface area contributed by atoms with Gasteiger partial charge in [-0.15, -0.1) is 0 Å². The highest BCUT2D eigenvalue weighted by Gasteiger charge is 2.51. The first-order valence-electron chi connectivity index (χ1n) is 3.30. The van der Waals surface area contributed by atoms with Crippen LogP contribution in [0.5, 0.6) is 0 Å². The van der Waals surface area contributed by atoms with E-state index in [-0.39, 0.29) is 10.9 Å². The molecule has 1 fully saturated rings. The van der Waals surface area contributed by atoms with E-state index in [4.69, 9.17) is 5.73 Å². The SMILES string of the molecule is CCN(C)[C@@]1(S)C[C@H]1N. The Kier molecular flexibility index (Phi) is 1.76. The summed E-state index contributed by atoms with van der Waals surface area (Å²) >= 11 is 4.44. The van der Waals surface area contributed by atoms with Crippen LogP contribution in [0.3, 0.4) is 0 Å². The highest BCUT2D eigenvalue weighted by Crippen LogP contribution is 2.42. The van der Waals surface area contributed by atoms with Crippen LogP contribution < -0.4 is 5.73 Å². The van der Waals surface area contributed by atoms with Crippen LogP contribution in [0, 0.1) is 0 Å². The van der Waals surface area contributed by atoms with Crippen molar-refractivity contribution in [2.24, 2.45) is 5.73 Å². The zero-order valence-corrected chi connectivity index (χ0v) is 6.86. The summed E-state index contributed by atoms with van der Waals surface area (Å²) in [5.41, 5.74) is 5.66. The van der Waals surface area contributed by atoms with Crippen LogP contribution in [0.15, 0.2) is 0 Å². The Balaban J connectivity index is 2.43. The van der Waals surface area contributed by atoms with Gasteiger partial charge < -0.3 is 5.73 Å². The van der Waals surface area contributed by atoms with Crippen LogP contribution in [0.1, 0.15) is 13.3 Å². The van der Waals surface area contributed by atoms with Gasteiger partial charge in [0.05, 0.1) is 4.87 Å². The zero-order chi connectivity index (χ0) is 7.07. The average molecular weight is 146 g/mol. The molecular formula is C6H14N2S. The topological polar surface area (TPSA) is 29.3 Å². The largest absolute Gasteiger partial charge is 0.325 e. The van der Waals surface area contributed by atoms with E-state index < -0.39 is 0 Å². The van der Waals surface area contributed by atoms with Gasteiger partial charge in [-0.1, -0.05) is 6.92 Å². The maximum Gasteiger partial charge on any atom is 0.0807 e. The molecule has 2 nitrogen and oxygen atoms in total. The lowest BCUT2D eigenvalue weighted by molar-refractivity contribution is 0.311. The van der Waals surface area contributed by atoms with Gasteiger partial charge in [-0.3, -0.25) is 4.90 Å². The summed E-state index contributed by atoms with van der Waals surface area (Å²) in [6.07, 6.45) is 1.03. The first kappa shape index (κ1) is 7.38. The van der Waals surface area contributed by atoms with Crippen molar-refractivity contribution in [2.75, 3.05) is 13.6 Å². The Morgan fingerprint density at radius 1 is 1.89 bits per heavy atom. The lowest BCUT2D eigenvalue weighted by Gasteiger charge is -2.21. The molecule has 2 atom stereocenters. The molecule has 2 N–H and O–H groups in total. The van der Waals surface area contributed by atoms with Gasteiger partial charge in [0.2, 0.25) is 0 Å². The Bertz CT molecular complexity index is 118. The summed E-state index contributed by atoms with van der Waals surface area (Å²) in [4.78, 5) is 2.20. The zero-order valence-electron chi connectivity index (χ0n) is 5.96. The van der Waals surface area contributed by atoms with Gasteiger partial charge in [0.15, 0.2) is 0 Å². The molecular weight excluding hydrogens is 132 g/mol. The van der Waals surface area contributed by atoms with Crippen LogP contribution in [0.4, 0.5) is 0 Å². The summed E-state index contributed by atoms with van der Waals surface area (Å²) in [5.74, 6) is 0. The maximum atomic E-state index is 5.66. The van der Waals surface area contributed by atoms with Gasteiger partial charge in [0.1, 0.15) is 0 Å². The van der Waals surface area contributed by atoms with Crippen molar-refractivity contribution in [1.82, 2.24) is 4.90 Å². The predicted molar refractivity (Wildman–Crippen MR) is 42.6 cm³/mol. The molecule has 0 bridgehead atoms. The van der Waals surface area contributed by atoms with Crippen molar-refractivity contribution in [3.63, 3.8) is 0 Å². The fraction of sp³-hybridized carbons (Fsp3) is 1.00. The molecule has 1 rings (SSSR count). The molecule has 0 saturated heterocycles. The molecule has 1 aliphatic carbocycles. The van der Waals surface area contributed by atoms with Crippen molar-refractivity contribution in [3.8, 4) is 0 Å². The molecule has 1 aliphatic rings. The second kappa shape index (κ2) is 2.15.